The molecule has 0 spiro atoms. The zero-order valence-electron chi connectivity index (χ0n) is 12.5. The summed E-state index contributed by atoms with van der Waals surface area (Å²) in [5.74, 6) is 0.452. The number of aromatic amines is 1. The highest BCUT2D eigenvalue weighted by atomic mass is 32.2. The topological polar surface area (TPSA) is 50.7 Å². The summed E-state index contributed by atoms with van der Waals surface area (Å²) in [5, 5.41) is 0.843. The van der Waals surface area contributed by atoms with Crippen LogP contribution in [0.15, 0.2) is 53.9 Å². The zero-order valence-corrected chi connectivity index (χ0v) is 13.4. The zero-order chi connectivity index (χ0) is 15.5. The first-order valence-electron chi connectivity index (χ1n) is 7.03. The second-order valence-electron chi connectivity index (χ2n) is 5.15. The van der Waals surface area contributed by atoms with Gasteiger partial charge >= 0.3 is 0 Å². The summed E-state index contributed by atoms with van der Waals surface area (Å²) in [7, 11) is 1.98. The van der Waals surface area contributed by atoms with E-state index >= 15 is 0 Å². The Morgan fingerprint density at radius 1 is 1.27 bits per heavy atom. The van der Waals surface area contributed by atoms with Gasteiger partial charge in [-0.15, -0.1) is 0 Å². The van der Waals surface area contributed by atoms with E-state index in [1.807, 2.05) is 23.9 Å². The molecular formula is C17H17N3OS. The van der Waals surface area contributed by atoms with Crippen molar-refractivity contribution in [2.24, 2.45) is 7.05 Å². The molecule has 0 radical (unpaired) electrons. The first-order chi connectivity index (χ1) is 10.6. The highest BCUT2D eigenvalue weighted by Crippen LogP contribution is 2.25. The summed E-state index contributed by atoms with van der Waals surface area (Å²) in [4.78, 5) is 19.4. The van der Waals surface area contributed by atoms with Crippen LogP contribution in [-0.4, -0.2) is 26.1 Å². The van der Waals surface area contributed by atoms with Gasteiger partial charge in [0.25, 0.3) is 0 Å². The molecule has 0 unspecified atom stereocenters. The molecule has 2 heterocycles. The van der Waals surface area contributed by atoms with Gasteiger partial charge in [0.05, 0.1) is 23.3 Å². The van der Waals surface area contributed by atoms with Crippen molar-refractivity contribution in [2.75, 3.05) is 5.75 Å². The summed E-state index contributed by atoms with van der Waals surface area (Å²) in [6.45, 7) is 2.07. The second-order valence-corrected chi connectivity index (χ2v) is 6.09. The van der Waals surface area contributed by atoms with Crippen LogP contribution < -0.4 is 0 Å². The van der Waals surface area contributed by atoms with Crippen LogP contribution in [0.4, 0.5) is 0 Å². The van der Waals surface area contributed by atoms with E-state index < -0.39 is 0 Å². The van der Waals surface area contributed by atoms with Crippen LogP contribution in [0, 0.1) is 6.92 Å². The molecule has 3 aromatic rings. The van der Waals surface area contributed by atoms with Crippen LogP contribution in [-0.2, 0) is 7.05 Å². The van der Waals surface area contributed by atoms with Crippen molar-refractivity contribution in [3.63, 3.8) is 0 Å². The van der Waals surface area contributed by atoms with Crippen LogP contribution in [0.25, 0.3) is 11.3 Å². The van der Waals surface area contributed by atoms with Gasteiger partial charge in [0, 0.05) is 13.2 Å². The number of H-pyrrole nitrogens is 1. The number of ketones is 1. The van der Waals surface area contributed by atoms with Gasteiger partial charge in [0.2, 0.25) is 0 Å². The minimum Gasteiger partial charge on any atom is -0.359 e. The summed E-state index contributed by atoms with van der Waals surface area (Å²) in [6, 6.07) is 12.0. The molecule has 1 aromatic carbocycles. The number of benzene rings is 1. The molecule has 1 N–H and O–H groups in total. The van der Waals surface area contributed by atoms with E-state index in [1.54, 1.807) is 12.3 Å². The number of Topliss-reactive ketones (excluding diaryl/α,β-unsaturated/α-hetero) is 1. The lowest BCUT2D eigenvalue weighted by Crippen LogP contribution is -2.04. The quantitative estimate of drug-likeness (QED) is 0.577. The van der Waals surface area contributed by atoms with E-state index in [9.17, 15) is 4.79 Å². The average Bonchev–Trinajstić information content (AvgIpc) is 3.16. The van der Waals surface area contributed by atoms with Crippen molar-refractivity contribution in [1.29, 1.82) is 0 Å². The van der Waals surface area contributed by atoms with Crippen LogP contribution in [0.2, 0.25) is 0 Å². The van der Waals surface area contributed by atoms with Crippen LogP contribution >= 0.6 is 11.8 Å². The highest BCUT2D eigenvalue weighted by molar-refractivity contribution is 7.99. The lowest BCUT2D eigenvalue weighted by atomic mass is 10.1. The molecule has 22 heavy (non-hydrogen) atoms. The SMILES string of the molecule is Cc1ccc(-c2cnc(SCC(=O)c3ccc[nH]3)n2C)cc1. The molecular weight excluding hydrogens is 294 g/mol. The van der Waals surface area contributed by atoms with Crippen LogP contribution in [0.5, 0.6) is 0 Å². The maximum atomic E-state index is 12.0. The number of imidazole rings is 1. The number of hydrogen-bond donors (Lipinski definition) is 1. The highest BCUT2D eigenvalue weighted by Gasteiger charge is 2.12. The van der Waals surface area contributed by atoms with Crippen molar-refractivity contribution in [3.8, 4) is 11.3 Å². The van der Waals surface area contributed by atoms with E-state index in [4.69, 9.17) is 0 Å². The molecule has 112 valence electrons. The largest absolute Gasteiger partial charge is 0.359 e. The van der Waals surface area contributed by atoms with Gasteiger partial charge in [-0.05, 0) is 24.6 Å². The third-order valence-electron chi connectivity index (χ3n) is 3.52. The molecule has 0 aliphatic heterocycles. The standard InChI is InChI=1S/C17H17N3OS/c1-12-5-7-13(8-6-12)15-10-19-17(20(15)2)22-11-16(21)14-4-3-9-18-14/h3-10,18H,11H2,1-2H3. The molecule has 0 atom stereocenters. The number of carbonyl (C=O) groups excluding carboxylic acids is 1. The summed E-state index contributed by atoms with van der Waals surface area (Å²) in [6.07, 6.45) is 3.61. The summed E-state index contributed by atoms with van der Waals surface area (Å²) in [5.41, 5.74) is 4.05. The van der Waals surface area contributed by atoms with E-state index in [2.05, 4.69) is 41.2 Å². The van der Waals surface area contributed by atoms with Crippen molar-refractivity contribution in [2.45, 2.75) is 12.1 Å². The Kier molecular flexibility index (Phi) is 4.15. The fourth-order valence-corrected chi connectivity index (χ4v) is 3.07. The van der Waals surface area contributed by atoms with E-state index in [0.717, 1.165) is 16.4 Å². The minimum absolute atomic E-state index is 0.0786. The number of hydrogen-bond acceptors (Lipinski definition) is 3. The lowest BCUT2D eigenvalue weighted by Gasteiger charge is -2.06. The number of nitrogens with one attached hydrogen (secondary N) is 1. The van der Waals surface area contributed by atoms with Crippen LogP contribution in [0.1, 0.15) is 16.1 Å². The van der Waals surface area contributed by atoms with Crippen molar-refractivity contribution < 1.29 is 4.79 Å². The van der Waals surface area contributed by atoms with E-state index in [1.165, 1.54) is 17.3 Å². The number of thioether (sulfide) groups is 1. The summed E-state index contributed by atoms with van der Waals surface area (Å²) < 4.78 is 2.03. The van der Waals surface area contributed by atoms with Crippen molar-refractivity contribution in [3.05, 3.63) is 60.0 Å². The lowest BCUT2D eigenvalue weighted by molar-refractivity contribution is 0.101. The molecule has 4 nitrogen and oxygen atoms in total. The van der Waals surface area contributed by atoms with Gasteiger partial charge in [-0.1, -0.05) is 41.6 Å². The number of carbonyl (C=O) groups is 1. The maximum Gasteiger partial charge on any atom is 0.189 e. The molecule has 0 aliphatic carbocycles. The number of aryl methyl sites for hydroxylation is 1. The Morgan fingerprint density at radius 2 is 2.05 bits per heavy atom. The van der Waals surface area contributed by atoms with Gasteiger partial charge in [-0.25, -0.2) is 4.98 Å². The Hall–Kier alpha value is -2.27. The predicted molar refractivity (Wildman–Crippen MR) is 89.2 cm³/mol. The molecule has 0 aliphatic rings. The molecule has 5 heteroatoms. The molecule has 0 amide bonds. The Balaban J connectivity index is 1.73. The maximum absolute atomic E-state index is 12.0. The first-order valence-corrected chi connectivity index (χ1v) is 8.02. The molecule has 0 saturated heterocycles. The second kappa shape index (κ2) is 6.23. The third-order valence-corrected chi connectivity index (χ3v) is 4.57. The Bertz CT molecular complexity index is 773. The van der Waals surface area contributed by atoms with Crippen molar-refractivity contribution in [1.82, 2.24) is 14.5 Å². The van der Waals surface area contributed by atoms with Gasteiger partial charge in [0.15, 0.2) is 10.9 Å². The molecule has 0 bridgehead atoms. The predicted octanol–water partition coefficient (Wildman–Crippen LogP) is 3.70. The molecule has 0 fully saturated rings. The minimum atomic E-state index is 0.0786. The molecule has 3 rings (SSSR count). The van der Waals surface area contributed by atoms with Gasteiger partial charge < -0.3 is 9.55 Å². The third kappa shape index (κ3) is 2.99. The Labute approximate surface area is 133 Å². The number of rotatable bonds is 5. The number of aromatic nitrogens is 3. The van der Waals surface area contributed by atoms with Crippen LogP contribution in [0.3, 0.4) is 0 Å². The first kappa shape index (κ1) is 14.7. The van der Waals surface area contributed by atoms with Gasteiger partial charge in [-0.2, -0.15) is 0 Å². The Morgan fingerprint density at radius 3 is 2.73 bits per heavy atom. The fraction of sp³-hybridized carbons (Fsp3) is 0.176. The van der Waals surface area contributed by atoms with E-state index in [-0.39, 0.29) is 5.78 Å². The number of nitrogens with zero attached hydrogens (tertiary/aromatic N) is 2. The van der Waals surface area contributed by atoms with E-state index in [0.29, 0.717) is 11.4 Å². The monoisotopic (exact) mass is 311 g/mol. The fourth-order valence-electron chi connectivity index (χ4n) is 2.23. The average molecular weight is 311 g/mol. The molecule has 2 aromatic heterocycles. The van der Waals surface area contributed by atoms with Crippen molar-refractivity contribution >= 4 is 17.5 Å². The molecule has 0 saturated carbocycles. The normalized spacial score (nSPS) is 10.8. The van der Waals surface area contributed by atoms with Gasteiger partial charge in [-0.3, -0.25) is 4.79 Å². The van der Waals surface area contributed by atoms with Gasteiger partial charge in [0.1, 0.15) is 0 Å². The smallest absolute Gasteiger partial charge is 0.189 e. The summed E-state index contributed by atoms with van der Waals surface area (Å²) >= 11 is 1.45.